The molecule has 19 heavy (non-hydrogen) atoms. The van der Waals surface area contributed by atoms with E-state index in [0.29, 0.717) is 5.92 Å². The molecule has 2 N–H and O–H groups in total. The first-order valence-corrected chi connectivity index (χ1v) is 6.54. The van der Waals surface area contributed by atoms with Crippen molar-refractivity contribution in [2.45, 2.75) is 38.3 Å². The third kappa shape index (κ3) is 3.36. The first kappa shape index (κ1) is 13.6. The predicted molar refractivity (Wildman–Crippen MR) is 70.0 cm³/mol. The van der Waals surface area contributed by atoms with Crippen molar-refractivity contribution in [1.82, 2.24) is 10.6 Å². The summed E-state index contributed by atoms with van der Waals surface area (Å²) in [6.45, 7) is 3.89. The van der Waals surface area contributed by atoms with E-state index in [4.69, 9.17) is 4.42 Å². The van der Waals surface area contributed by atoms with Gasteiger partial charge in [0.15, 0.2) is 0 Å². The minimum atomic E-state index is -0.729. The highest BCUT2D eigenvalue weighted by molar-refractivity contribution is 5.79. The first-order valence-electron chi connectivity index (χ1n) is 6.54. The van der Waals surface area contributed by atoms with E-state index in [9.17, 15) is 10.1 Å². The van der Waals surface area contributed by atoms with E-state index in [-0.39, 0.29) is 18.5 Å². The zero-order valence-corrected chi connectivity index (χ0v) is 11.3. The average Bonchev–Trinajstić information content (AvgIpc) is 3.12. The van der Waals surface area contributed by atoms with Crippen molar-refractivity contribution in [3.63, 3.8) is 0 Å². The molecule has 1 aromatic heterocycles. The van der Waals surface area contributed by atoms with Gasteiger partial charge in [0.05, 0.1) is 24.9 Å². The molecule has 0 spiro atoms. The fourth-order valence-electron chi connectivity index (χ4n) is 2.10. The van der Waals surface area contributed by atoms with E-state index in [1.165, 1.54) is 0 Å². The fraction of sp³-hybridized carbons (Fsp3) is 0.571. The van der Waals surface area contributed by atoms with E-state index in [0.717, 1.165) is 18.6 Å². The van der Waals surface area contributed by atoms with Crippen molar-refractivity contribution in [1.29, 1.82) is 5.26 Å². The van der Waals surface area contributed by atoms with Crippen molar-refractivity contribution in [3.05, 3.63) is 24.2 Å². The standard InChI is InChI=1S/C14H19N3O2/c1-10(12-4-3-7-19-12)16-8-13(18)17-14(2,9-15)11-5-6-11/h3-4,7,10-11,16H,5-6,8H2,1-2H3,(H,17,18)/t10-,14-/m1/s1. The molecule has 0 saturated heterocycles. The lowest BCUT2D eigenvalue weighted by Gasteiger charge is -2.23. The Morgan fingerprint density at radius 3 is 2.95 bits per heavy atom. The molecule has 1 amide bonds. The fourth-order valence-corrected chi connectivity index (χ4v) is 2.10. The van der Waals surface area contributed by atoms with Crippen LogP contribution in [-0.4, -0.2) is 18.0 Å². The second kappa shape index (κ2) is 5.45. The number of amides is 1. The third-order valence-electron chi connectivity index (χ3n) is 3.56. The Kier molecular flexibility index (Phi) is 3.91. The Morgan fingerprint density at radius 1 is 1.68 bits per heavy atom. The van der Waals surface area contributed by atoms with Gasteiger partial charge in [-0.1, -0.05) is 0 Å². The number of nitrogens with zero attached hydrogens (tertiary/aromatic N) is 1. The second-order valence-electron chi connectivity index (χ2n) is 5.25. The van der Waals surface area contributed by atoms with Gasteiger partial charge in [0, 0.05) is 0 Å². The maximum absolute atomic E-state index is 11.9. The zero-order chi connectivity index (χ0) is 13.9. The molecule has 0 radical (unpaired) electrons. The second-order valence-corrected chi connectivity index (χ2v) is 5.25. The number of carbonyl (C=O) groups excluding carboxylic acids is 1. The van der Waals surface area contributed by atoms with E-state index in [1.54, 1.807) is 13.2 Å². The van der Waals surface area contributed by atoms with Crippen LogP contribution in [-0.2, 0) is 4.79 Å². The lowest BCUT2D eigenvalue weighted by atomic mass is 9.98. The van der Waals surface area contributed by atoms with Crippen LogP contribution in [0.3, 0.4) is 0 Å². The molecule has 1 fully saturated rings. The summed E-state index contributed by atoms with van der Waals surface area (Å²) < 4.78 is 5.25. The van der Waals surface area contributed by atoms with Gasteiger partial charge in [-0.2, -0.15) is 5.26 Å². The maximum atomic E-state index is 11.9. The Balaban J connectivity index is 1.80. The normalized spacial score (nSPS) is 19.2. The topological polar surface area (TPSA) is 78.1 Å². The molecule has 0 unspecified atom stereocenters. The summed E-state index contributed by atoms with van der Waals surface area (Å²) in [5, 5.41) is 15.1. The molecule has 5 heteroatoms. The molecule has 0 aliphatic heterocycles. The van der Waals surface area contributed by atoms with Gasteiger partial charge < -0.3 is 9.73 Å². The van der Waals surface area contributed by atoms with Gasteiger partial charge in [0.2, 0.25) is 5.91 Å². The summed E-state index contributed by atoms with van der Waals surface area (Å²) in [6, 6.07) is 5.85. The van der Waals surface area contributed by atoms with Crippen LogP contribution >= 0.6 is 0 Å². The summed E-state index contributed by atoms with van der Waals surface area (Å²) in [4.78, 5) is 11.9. The molecule has 1 aromatic rings. The first-order chi connectivity index (χ1) is 9.05. The van der Waals surface area contributed by atoms with Crippen molar-refractivity contribution < 1.29 is 9.21 Å². The third-order valence-corrected chi connectivity index (χ3v) is 3.56. The van der Waals surface area contributed by atoms with Crippen molar-refractivity contribution >= 4 is 5.91 Å². The lowest BCUT2D eigenvalue weighted by molar-refractivity contribution is -0.121. The Labute approximate surface area is 113 Å². The number of nitriles is 1. The molecular formula is C14H19N3O2. The number of carbonyl (C=O) groups is 1. The van der Waals surface area contributed by atoms with Gasteiger partial charge in [-0.3, -0.25) is 10.1 Å². The Hall–Kier alpha value is -1.80. The molecule has 102 valence electrons. The van der Waals surface area contributed by atoms with Gasteiger partial charge in [-0.05, 0) is 44.7 Å². The Morgan fingerprint density at radius 2 is 2.42 bits per heavy atom. The predicted octanol–water partition coefficient (Wildman–Crippen LogP) is 1.74. The number of furan rings is 1. The Bertz CT molecular complexity index is 473. The summed E-state index contributed by atoms with van der Waals surface area (Å²) in [5.41, 5.74) is -0.729. The quantitative estimate of drug-likeness (QED) is 0.817. The molecule has 0 bridgehead atoms. The summed E-state index contributed by atoms with van der Waals surface area (Å²) in [7, 11) is 0. The largest absolute Gasteiger partial charge is 0.468 e. The van der Waals surface area contributed by atoms with Crippen LogP contribution in [0.4, 0.5) is 0 Å². The van der Waals surface area contributed by atoms with Gasteiger partial charge >= 0.3 is 0 Å². The average molecular weight is 261 g/mol. The minimum absolute atomic E-state index is 0.0324. The molecule has 1 heterocycles. The van der Waals surface area contributed by atoms with Crippen LogP contribution in [0.1, 0.15) is 38.5 Å². The number of hydrogen-bond acceptors (Lipinski definition) is 4. The summed E-state index contributed by atoms with van der Waals surface area (Å²) >= 11 is 0. The van der Waals surface area contributed by atoms with Crippen LogP contribution < -0.4 is 10.6 Å². The van der Waals surface area contributed by atoms with Gasteiger partial charge in [-0.25, -0.2) is 0 Å². The molecule has 0 aromatic carbocycles. The van der Waals surface area contributed by atoms with Gasteiger partial charge in [-0.15, -0.1) is 0 Å². The van der Waals surface area contributed by atoms with Crippen LogP contribution in [0, 0.1) is 17.2 Å². The van der Waals surface area contributed by atoms with E-state index < -0.39 is 5.54 Å². The van der Waals surface area contributed by atoms with Gasteiger partial charge in [0.25, 0.3) is 0 Å². The van der Waals surface area contributed by atoms with Crippen LogP contribution in [0.25, 0.3) is 0 Å². The number of nitrogens with one attached hydrogen (secondary N) is 2. The maximum Gasteiger partial charge on any atom is 0.235 e. The van der Waals surface area contributed by atoms with E-state index in [2.05, 4.69) is 16.7 Å². The molecule has 1 aliphatic carbocycles. The molecule has 1 saturated carbocycles. The van der Waals surface area contributed by atoms with Crippen molar-refractivity contribution in [3.8, 4) is 6.07 Å². The lowest BCUT2D eigenvalue weighted by Crippen LogP contribution is -2.49. The highest BCUT2D eigenvalue weighted by Crippen LogP contribution is 2.39. The molecule has 2 atom stereocenters. The van der Waals surface area contributed by atoms with Crippen LogP contribution in [0.5, 0.6) is 0 Å². The van der Waals surface area contributed by atoms with Crippen LogP contribution in [0.2, 0.25) is 0 Å². The molecular weight excluding hydrogens is 242 g/mol. The van der Waals surface area contributed by atoms with E-state index >= 15 is 0 Å². The van der Waals surface area contributed by atoms with E-state index in [1.807, 2.05) is 19.1 Å². The zero-order valence-electron chi connectivity index (χ0n) is 11.3. The molecule has 5 nitrogen and oxygen atoms in total. The van der Waals surface area contributed by atoms with Crippen molar-refractivity contribution in [2.24, 2.45) is 5.92 Å². The SMILES string of the molecule is C[C@@H](NCC(=O)N[C@](C)(C#N)C1CC1)c1ccco1. The monoisotopic (exact) mass is 261 g/mol. The summed E-state index contributed by atoms with van der Waals surface area (Å²) in [5.74, 6) is 0.927. The smallest absolute Gasteiger partial charge is 0.235 e. The summed E-state index contributed by atoms with van der Waals surface area (Å²) in [6.07, 6.45) is 3.63. The van der Waals surface area contributed by atoms with Crippen LogP contribution in [0.15, 0.2) is 22.8 Å². The minimum Gasteiger partial charge on any atom is -0.468 e. The van der Waals surface area contributed by atoms with Gasteiger partial charge in [0.1, 0.15) is 11.3 Å². The highest BCUT2D eigenvalue weighted by atomic mass is 16.3. The molecule has 2 rings (SSSR count). The number of rotatable bonds is 6. The number of hydrogen-bond donors (Lipinski definition) is 2. The molecule has 1 aliphatic rings. The van der Waals surface area contributed by atoms with Crippen molar-refractivity contribution in [2.75, 3.05) is 6.54 Å². The highest BCUT2D eigenvalue weighted by Gasteiger charge is 2.42.